The molecule has 7 heteroatoms. The van der Waals surface area contributed by atoms with Gasteiger partial charge in [0, 0.05) is 26.2 Å². The number of amidine groups is 1. The third-order valence-corrected chi connectivity index (χ3v) is 5.19. The summed E-state index contributed by atoms with van der Waals surface area (Å²) in [5.41, 5.74) is 0.515. The summed E-state index contributed by atoms with van der Waals surface area (Å²) >= 11 is 0. The first-order valence-electron chi connectivity index (χ1n) is 9.96. The second-order valence-corrected chi connectivity index (χ2v) is 8.41. The Morgan fingerprint density at radius 2 is 1.93 bits per heavy atom. The van der Waals surface area contributed by atoms with Gasteiger partial charge in [0.15, 0.2) is 0 Å². The number of carbonyl (C=O) groups excluding carboxylic acids is 1. The molecule has 2 heterocycles. The van der Waals surface area contributed by atoms with Gasteiger partial charge in [-0.25, -0.2) is 4.79 Å². The van der Waals surface area contributed by atoms with E-state index in [-0.39, 0.29) is 11.6 Å². The van der Waals surface area contributed by atoms with Gasteiger partial charge in [-0.3, -0.25) is 4.99 Å². The third-order valence-electron chi connectivity index (χ3n) is 5.19. The molecule has 0 saturated carbocycles. The summed E-state index contributed by atoms with van der Waals surface area (Å²) in [5, 5.41) is 7.18. The number of likely N-dealkylation sites (tertiary alicyclic amines) is 1. The lowest BCUT2D eigenvalue weighted by Gasteiger charge is -2.45. The van der Waals surface area contributed by atoms with Crippen LogP contribution in [0.15, 0.2) is 29.3 Å². The fourth-order valence-electron chi connectivity index (χ4n) is 3.66. The zero-order valence-electron chi connectivity index (χ0n) is 17.4. The molecule has 28 heavy (non-hydrogen) atoms. The highest BCUT2D eigenvalue weighted by atomic mass is 16.6. The normalized spacial score (nSPS) is 19.1. The minimum absolute atomic E-state index is 0.191. The number of rotatable bonds is 3. The van der Waals surface area contributed by atoms with Crippen LogP contribution in [-0.4, -0.2) is 61.3 Å². The van der Waals surface area contributed by atoms with Gasteiger partial charge in [0.2, 0.25) is 0 Å². The Morgan fingerprint density at radius 3 is 2.54 bits per heavy atom. The largest absolute Gasteiger partial charge is 0.497 e. The molecule has 1 amide bonds. The number of nitrogens with zero attached hydrogens (tertiary/aromatic N) is 2. The highest BCUT2D eigenvalue weighted by molar-refractivity contribution is 5.92. The number of hydrogen-bond acceptors (Lipinski definition) is 6. The van der Waals surface area contributed by atoms with Crippen molar-refractivity contribution >= 4 is 11.9 Å². The summed E-state index contributed by atoms with van der Waals surface area (Å²) in [4.78, 5) is 18.9. The van der Waals surface area contributed by atoms with Gasteiger partial charge < -0.3 is 25.0 Å². The maximum absolute atomic E-state index is 12.4. The molecule has 3 rings (SSSR count). The van der Waals surface area contributed by atoms with Gasteiger partial charge in [0.05, 0.1) is 19.2 Å². The Balaban J connectivity index is 1.60. The maximum atomic E-state index is 12.4. The average molecular weight is 389 g/mol. The van der Waals surface area contributed by atoms with Gasteiger partial charge in [0.1, 0.15) is 17.2 Å². The highest BCUT2D eigenvalue weighted by Gasteiger charge is 2.42. The minimum Gasteiger partial charge on any atom is -0.497 e. The average Bonchev–Trinajstić information content (AvgIpc) is 2.67. The predicted molar refractivity (Wildman–Crippen MR) is 110 cm³/mol. The molecule has 0 aromatic heterocycles. The summed E-state index contributed by atoms with van der Waals surface area (Å²) in [5.74, 6) is 1.85. The van der Waals surface area contributed by atoms with Crippen LogP contribution in [0.1, 0.15) is 39.2 Å². The van der Waals surface area contributed by atoms with E-state index < -0.39 is 5.60 Å². The van der Waals surface area contributed by atoms with Crippen molar-refractivity contribution in [1.82, 2.24) is 15.5 Å². The van der Waals surface area contributed by atoms with Crippen molar-refractivity contribution in [3.63, 3.8) is 0 Å². The number of methoxy groups -OCH3 is 1. The Morgan fingerprint density at radius 1 is 1.25 bits per heavy atom. The number of piperidine rings is 1. The summed E-state index contributed by atoms with van der Waals surface area (Å²) in [6.45, 7) is 9.34. The van der Waals surface area contributed by atoms with E-state index in [0.717, 1.165) is 37.5 Å². The summed E-state index contributed by atoms with van der Waals surface area (Å²) in [7, 11) is 1.67. The minimum atomic E-state index is -0.470. The van der Waals surface area contributed by atoms with Crippen LogP contribution in [-0.2, 0) is 11.3 Å². The lowest BCUT2D eigenvalue weighted by atomic mass is 9.85. The van der Waals surface area contributed by atoms with Crippen molar-refractivity contribution in [2.45, 2.75) is 51.3 Å². The van der Waals surface area contributed by atoms with Crippen LogP contribution in [0.5, 0.6) is 5.75 Å². The predicted octanol–water partition coefficient (Wildman–Crippen LogP) is 2.56. The molecule has 0 bridgehead atoms. The molecule has 1 spiro atoms. The lowest BCUT2D eigenvalue weighted by molar-refractivity contribution is 0.0177. The monoisotopic (exact) mass is 388 g/mol. The van der Waals surface area contributed by atoms with Gasteiger partial charge in [-0.15, -0.1) is 0 Å². The number of ether oxygens (including phenoxy) is 2. The van der Waals surface area contributed by atoms with E-state index in [2.05, 4.69) is 22.8 Å². The van der Waals surface area contributed by atoms with E-state index in [1.54, 1.807) is 12.0 Å². The smallest absolute Gasteiger partial charge is 0.410 e. The molecule has 2 aliphatic rings. The molecule has 2 N–H and O–H groups in total. The number of carbonyl (C=O) groups is 1. The molecule has 1 aromatic carbocycles. The third kappa shape index (κ3) is 4.95. The Labute approximate surface area is 167 Å². The van der Waals surface area contributed by atoms with Crippen LogP contribution in [0.4, 0.5) is 4.79 Å². The molecule has 1 saturated heterocycles. The van der Waals surface area contributed by atoms with Crippen molar-refractivity contribution in [3.05, 3.63) is 29.8 Å². The van der Waals surface area contributed by atoms with Crippen LogP contribution in [0.3, 0.4) is 0 Å². The zero-order valence-corrected chi connectivity index (χ0v) is 17.4. The number of nitrogens with one attached hydrogen (secondary N) is 2. The van der Waals surface area contributed by atoms with Crippen molar-refractivity contribution in [2.24, 2.45) is 4.99 Å². The molecule has 2 aliphatic heterocycles. The van der Waals surface area contributed by atoms with Gasteiger partial charge >= 0.3 is 6.09 Å². The van der Waals surface area contributed by atoms with Crippen molar-refractivity contribution in [3.8, 4) is 5.75 Å². The Bertz CT molecular complexity index is 701. The first-order chi connectivity index (χ1) is 13.3. The van der Waals surface area contributed by atoms with Crippen LogP contribution < -0.4 is 15.4 Å². The first-order valence-corrected chi connectivity index (χ1v) is 9.96. The van der Waals surface area contributed by atoms with E-state index in [9.17, 15) is 4.79 Å². The summed E-state index contributed by atoms with van der Waals surface area (Å²) < 4.78 is 10.7. The molecule has 0 aliphatic carbocycles. The molecule has 7 nitrogen and oxygen atoms in total. The number of aliphatic imine (C=N–C) groups is 1. The molecule has 154 valence electrons. The van der Waals surface area contributed by atoms with E-state index in [1.165, 1.54) is 5.56 Å². The fourth-order valence-corrected chi connectivity index (χ4v) is 3.66. The quantitative estimate of drug-likeness (QED) is 0.832. The number of benzene rings is 1. The molecule has 1 aromatic rings. The van der Waals surface area contributed by atoms with Gasteiger partial charge in [-0.05, 0) is 51.3 Å². The van der Waals surface area contributed by atoms with Gasteiger partial charge in [0.25, 0.3) is 0 Å². The standard InChI is InChI=1S/C21H32N4O3/c1-20(2,3)28-19(26)25-13-9-21(10-14-25)18(22-11-12-24-21)23-15-16-5-7-17(27-4)8-6-16/h5-8,24H,9-15H2,1-4H3,(H,22,23). The van der Waals surface area contributed by atoms with Crippen LogP contribution in [0, 0.1) is 0 Å². The molecular formula is C21H32N4O3. The van der Waals surface area contributed by atoms with Gasteiger partial charge in [-0.1, -0.05) is 12.1 Å². The molecule has 0 radical (unpaired) electrons. The zero-order chi connectivity index (χ0) is 20.2. The van der Waals surface area contributed by atoms with Crippen molar-refractivity contribution in [1.29, 1.82) is 0 Å². The highest BCUT2D eigenvalue weighted by Crippen LogP contribution is 2.26. The molecule has 0 unspecified atom stereocenters. The van der Waals surface area contributed by atoms with Crippen LogP contribution >= 0.6 is 0 Å². The van der Waals surface area contributed by atoms with E-state index in [4.69, 9.17) is 14.5 Å². The molecular weight excluding hydrogens is 356 g/mol. The van der Waals surface area contributed by atoms with Crippen molar-refractivity contribution in [2.75, 3.05) is 33.3 Å². The summed E-state index contributed by atoms with van der Waals surface area (Å²) in [6, 6.07) is 8.04. The van der Waals surface area contributed by atoms with Gasteiger partial charge in [-0.2, -0.15) is 0 Å². The number of amides is 1. The molecule has 1 fully saturated rings. The second-order valence-electron chi connectivity index (χ2n) is 8.41. The summed E-state index contributed by atoms with van der Waals surface area (Å²) in [6.07, 6.45) is 1.41. The Kier molecular flexibility index (Phi) is 6.13. The second kappa shape index (κ2) is 8.39. The van der Waals surface area contributed by atoms with E-state index in [1.807, 2.05) is 32.9 Å². The van der Waals surface area contributed by atoms with Crippen molar-refractivity contribution < 1.29 is 14.3 Å². The van der Waals surface area contributed by atoms with E-state index >= 15 is 0 Å². The number of hydrogen-bond donors (Lipinski definition) is 2. The van der Waals surface area contributed by atoms with Crippen LogP contribution in [0.25, 0.3) is 0 Å². The maximum Gasteiger partial charge on any atom is 0.410 e. The lowest BCUT2D eigenvalue weighted by Crippen LogP contribution is -2.64. The fraction of sp³-hybridized carbons (Fsp3) is 0.619. The van der Waals surface area contributed by atoms with E-state index in [0.29, 0.717) is 19.6 Å². The molecule has 0 atom stereocenters. The van der Waals surface area contributed by atoms with Crippen LogP contribution in [0.2, 0.25) is 0 Å². The first kappa shape index (κ1) is 20.5. The topological polar surface area (TPSA) is 75.2 Å². The SMILES string of the molecule is COc1ccc(CNC2=NCCNC23CCN(C(=O)OC(C)(C)C)CC3)cc1. The Hall–Kier alpha value is -2.28.